The number of aliphatic imine (C=N–C) groups is 3. The maximum Gasteiger partial charge on any atom is 0.407 e. The minimum absolute atomic E-state index is 0.0561. The van der Waals surface area contributed by atoms with Crippen molar-refractivity contribution < 1.29 is 38.3 Å². The van der Waals surface area contributed by atoms with Crippen molar-refractivity contribution >= 4 is 82.2 Å². The predicted molar refractivity (Wildman–Crippen MR) is 332 cm³/mol. The van der Waals surface area contributed by atoms with Crippen molar-refractivity contribution in [3.8, 4) is 11.1 Å². The van der Waals surface area contributed by atoms with Gasteiger partial charge in [-0.1, -0.05) is 116 Å². The lowest BCUT2D eigenvalue weighted by atomic mass is 9.98. The fraction of sp³-hybridized carbons (Fsp3) is 0.452. The lowest BCUT2D eigenvalue weighted by Crippen LogP contribution is -2.62. The zero-order chi connectivity index (χ0) is 60.9. The first-order valence-corrected chi connectivity index (χ1v) is 30.2. The van der Waals surface area contributed by atoms with Crippen molar-refractivity contribution in [3.05, 3.63) is 131 Å². The molecule has 3 heterocycles. The maximum absolute atomic E-state index is 13.0. The van der Waals surface area contributed by atoms with Gasteiger partial charge in [0, 0.05) is 57.9 Å². The summed E-state index contributed by atoms with van der Waals surface area (Å²) in [7, 11) is 0. The quantitative estimate of drug-likeness (QED) is 0.0223. The number of fused-ring (bicyclic) bond motifs is 3. The molecular formula is C62H81Cl2N13O8. The molecule has 0 radical (unpaired) electrons. The highest BCUT2D eigenvalue weighted by molar-refractivity contribution is 6.28. The van der Waals surface area contributed by atoms with Gasteiger partial charge in [-0.3, -0.25) is 43.7 Å². The van der Waals surface area contributed by atoms with Crippen LogP contribution < -0.4 is 54.4 Å². The molecule has 4 aliphatic rings. The highest BCUT2D eigenvalue weighted by Gasteiger charge is 2.35. The Morgan fingerprint density at radius 1 is 0.553 bits per heavy atom. The first-order chi connectivity index (χ1) is 41.2. The van der Waals surface area contributed by atoms with Crippen molar-refractivity contribution in [2.45, 2.75) is 120 Å². The monoisotopic (exact) mass is 1210 g/mol. The van der Waals surface area contributed by atoms with E-state index in [0.29, 0.717) is 121 Å². The van der Waals surface area contributed by atoms with Crippen LogP contribution in [-0.2, 0) is 46.3 Å². The summed E-state index contributed by atoms with van der Waals surface area (Å²) in [5.41, 5.74) is 23.4. The number of nitrogens with two attached hydrogens (primary N) is 3. The van der Waals surface area contributed by atoms with Crippen LogP contribution in [0, 0.1) is 5.92 Å². The summed E-state index contributed by atoms with van der Waals surface area (Å²) in [6.07, 6.45) is 6.52. The van der Waals surface area contributed by atoms with Gasteiger partial charge in [0.25, 0.3) is 0 Å². The summed E-state index contributed by atoms with van der Waals surface area (Å²) in [6, 6.07) is 32.7. The third kappa shape index (κ3) is 21.5. The average Bonchev–Trinajstić information content (AvgIpc) is 4.09. The summed E-state index contributed by atoms with van der Waals surface area (Å²) in [4.78, 5) is 99.5. The average molecular weight is 1210 g/mol. The summed E-state index contributed by atoms with van der Waals surface area (Å²) in [5.74, 6) is 0.325. The number of alkyl carbamates (subject to hydrolysis) is 1. The summed E-state index contributed by atoms with van der Waals surface area (Å²) >= 11 is 11.1. The van der Waals surface area contributed by atoms with E-state index in [1.807, 2.05) is 91.9 Å². The van der Waals surface area contributed by atoms with Gasteiger partial charge in [-0.25, -0.2) is 4.79 Å². The number of amides is 7. The highest BCUT2D eigenvalue weighted by Crippen LogP contribution is 2.44. The normalized spacial score (nSPS) is 21.0. The van der Waals surface area contributed by atoms with Crippen LogP contribution in [-0.4, -0.2) is 140 Å². The van der Waals surface area contributed by atoms with E-state index in [1.165, 1.54) is 0 Å². The van der Waals surface area contributed by atoms with E-state index < -0.39 is 36.3 Å². The van der Waals surface area contributed by atoms with Gasteiger partial charge in [-0.15, -0.1) is 23.2 Å². The van der Waals surface area contributed by atoms with E-state index in [9.17, 15) is 33.6 Å². The van der Waals surface area contributed by atoms with Crippen LogP contribution in [0.5, 0.6) is 0 Å². The van der Waals surface area contributed by atoms with Gasteiger partial charge in [0.05, 0.1) is 23.5 Å². The topological polar surface area (TPSA) is 328 Å². The number of piperazine rings is 2. The van der Waals surface area contributed by atoms with Gasteiger partial charge in [0.1, 0.15) is 48.5 Å². The second-order valence-corrected chi connectivity index (χ2v) is 21.6. The minimum Gasteiger partial charge on any atom is -0.449 e. The van der Waals surface area contributed by atoms with Crippen molar-refractivity contribution in [2.24, 2.45) is 38.1 Å². The number of nitrogens with zero attached hydrogens (tertiary/aromatic N) is 3. The fourth-order valence-electron chi connectivity index (χ4n) is 10.1. The fourth-order valence-corrected chi connectivity index (χ4v) is 10.3. The minimum atomic E-state index is -0.733. The van der Waals surface area contributed by atoms with E-state index in [4.69, 9.17) is 45.1 Å². The number of hydrogen-bond donors (Lipinski definition) is 10. The largest absolute Gasteiger partial charge is 0.449 e. The zero-order valence-electron chi connectivity index (χ0n) is 48.2. The molecule has 21 nitrogen and oxygen atoms in total. The first kappa shape index (κ1) is 66.1. The SMILES string of the molecule is CCC(N)=NCCC[C@@H]1CNC(=O)C(NC(=O)OCC2c3ccccc3-c3ccccc32)CCCCNC1=O.NC(CCl)=NCCC[C@@H]1NC(=O)[C@@H](Cc2ccccc2)NC1=O.NC(CCl)=NCCC[C@@H]1NC(=O)[C@H](Cc2ccccc2)NC1=O. The molecule has 13 N–H and O–H groups in total. The van der Waals surface area contributed by atoms with E-state index in [2.05, 4.69) is 76.5 Å². The predicted octanol–water partition coefficient (Wildman–Crippen LogP) is 4.65. The number of halogens is 2. The van der Waals surface area contributed by atoms with E-state index in [0.717, 1.165) is 33.4 Å². The Hall–Kier alpha value is -8.04. The first-order valence-electron chi connectivity index (χ1n) is 29.1. The molecule has 0 saturated carbocycles. The molecule has 3 saturated heterocycles. The molecule has 0 bridgehead atoms. The number of hydrogen-bond acceptors (Lipinski definition) is 11. The Kier molecular flexibility index (Phi) is 27.5. The summed E-state index contributed by atoms with van der Waals surface area (Å²) < 4.78 is 5.66. The standard InChI is InChI=1S/C30H39N5O4.2C16H21ClN4O2/c1-2-27(31)32-17-9-10-20-18-34-29(37)26(15-7-8-16-33-28(20)36)35-30(38)39-19-25-23-13-5-3-11-21(23)22-12-4-6-14-24(22)25;2*17-10-14(18)19-8-4-7-12-15(22)21-13(16(23)20-12)9-11-5-2-1-3-6-11/h3-6,11-14,20,25-26H,2,7-10,15-19H2,1H3,(H2,31,32)(H,33,36)(H,34,37)(H,35,38);2*1-3,5-6,12-13H,4,7-10H2,(H2,18,19)(H,20,23)(H,21,22)/t20-,26?;12-,13+;12-,13-/m100/s1. The van der Waals surface area contributed by atoms with Gasteiger partial charge < -0.3 is 59.2 Å². The molecule has 8 rings (SSSR count). The molecule has 3 fully saturated rings. The number of benzene rings is 4. The molecule has 4 aromatic carbocycles. The van der Waals surface area contributed by atoms with Crippen molar-refractivity contribution in [2.75, 3.05) is 51.1 Å². The van der Waals surface area contributed by atoms with E-state index in [1.54, 1.807) is 0 Å². The third-order valence-corrected chi connectivity index (χ3v) is 15.3. The zero-order valence-corrected chi connectivity index (χ0v) is 49.7. The Labute approximate surface area is 507 Å². The molecule has 23 heteroatoms. The molecule has 456 valence electrons. The third-order valence-electron chi connectivity index (χ3n) is 14.8. The highest BCUT2D eigenvalue weighted by atomic mass is 35.5. The lowest BCUT2D eigenvalue weighted by Gasteiger charge is -2.29. The Balaban J connectivity index is 0.000000217. The van der Waals surface area contributed by atoms with Crippen molar-refractivity contribution in [1.29, 1.82) is 0 Å². The van der Waals surface area contributed by atoms with Gasteiger partial charge in [0.15, 0.2) is 0 Å². The molecule has 0 aromatic heterocycles. The van der Waals surface area contributed by atoms with Crippen LogP contribution in [0.3, 0.4) is 0 Å². The Morgan fingerprint density at radius 2 is 1.00 bits per heavy atom. The molecule has 4 aromatic rings. The van der Waals surface area contributed by atoms with Crippen LogP contribution in [0.1, 0.15) is 99.3 Å². The van der Waals surface area contributed by atoms with Crippen LogP contribution in [0.15, 0.2) is 124 Å². The number of amidine groups is 3. The number of alkyl halides is 2. The molecule has 3 aliphatic heterocycles. The number of carbonyl (C=O) groups excluding carboxylic acids is 7. The van der Waals surface area contributed by atoms with Crippen molar-refractivity contribution in [3.63, 3.8) is 0 Å². The molecule has 1 unspecified atom stereocenters. The summed E-state index contributed by atoms with van der Waals surface area (Å²) in [6.45, 7) is 4.38. The van der Waals surface area contributed by atoms with Crippen molar-refractivity contribution in [1.82, 2.24) is 37.2 Å². The summed E-state index contributed by atoms with van der Waals surface area (Å²) in [5, 5.41) is 19.7. The number of rotatable bonds is 22. The van der Waals surface area contributed by atoms with Crippen LogP contribution in [0.2, 0.25) is 0 Å². The van der Waals surface area contributed by atoms with E-state index in [-0.39, 0.29) is 72.2 Å². The molecule has 0 spiro atoms. The number of carbonyl (C=O) groups is 7. The molecule has 1 aliphatic carbocycles. The number of ether oxygens (including phenoxy) is 1. The molecule has 6 atom stereocenters. The van der Waals surface area contributed by atoms with E-state index >= 15 is 0 Å². The van der Waals surface area contributed by atoms with Crippen LogP contribution in [0.4, 0.5) is 4.79 Å². The maximum atomic E-state index is 13.0. The second kappa shape index (κ2) is 35.3. The molecule has 7 amide bonds. The smallest absolute Gasteiger partial charge is 0.407 e. The number of nitrogens with one attached hydrogen (secondary N) is 7. The van der Waals surface area contributed by atoms with Crippen LogP contribution >= 0.6 is 23.2 Å². The van der Waals surface area contributed by atoms with Gasteiger partial charge >= 0.3 is 6.09 Å². The molecule has 85 heavy (non-hydrogen) atoms. The lowest BCUT2D eigenvalue weighted by molar-refractivity contribution is -0.136. The molecular weight excluding hydrogens is 1130 g/mol. The van der Waals surface area contributed by atoms with Gasteiger partial charge in [-0.2, -0.15) is 0 Å². The van der Waals surface area contributed by atoms with Gasteiger partial charge in [-0.05, 0) is 91.2 Å². The van der Waals surface area contributed by atoms with Crippen LogP contribution in [0.25, 0.3) is 11.1 Å². The second-order valence-electron chi connectivity index (χ2n) is 21.0. The Bertz CT molecular complexity index is 2800. The van der Waals surface area contributed by atoms with Gasteiger partial charge in [0.2, 0.25) is 35.4 Å². The Morgan fingerprint density at radius 3 is 1.49 bits per heavy atom.